The van der Waals surface area contributed by atoms with Gasteiger partial charge in [-0.1, -0.05) is 11.6 Å². The lowest BCUT2D eigenvalue weighted by molar-refractivity contribution is 0.0646. The zero-order chi connectivity index (χ0) is 23.2. The molecule has 0 fully saturated rings. The number of fused-ring (bicyclic) bond motifs is 3. The molecular formula is C24H28N4O3S. The molecular weight excluding hydrogens is 424 g/mol. The number of ether oxygens (including phenoxy) is 2. The van der Waals surface area contributed by atoms with Crippen molar-refractivity contribution in [3.63, 3.8) is 0 Å². The number of carbonyl (C=O) groups is 1. The van der Waals surface area contributed by atoms with Gasteiger partial charge in [-0.3, -0.25) is 4.79 Å². The van der Waals surface area contributed by atoms with Crippen LogP contribution in [0.5, 0.6) is 11.5 Å². The van der Waals surface area contributed by atoms with Gasteiger partial charge < -0.3 is 14.4 Å². The Balaban J connectivity index is 1.97. The number of thiazole rings is 1. The molecule has 1 aromatic carbocycles. The second kappa shape index (κ2) is 8.09. The van der Waals surface area contributed by atoms with E-state index < -0.39 is 0 Å². The third kappa shape index (κ3) is 3.79. The number of hydrogen-bond acceptors (Lipinski definition) is 6. The summed E-state index contributed by atoms with van der Waals surface area (Å²) in [4.78, 5) is 19.6. The zero-order valence-electron chi connectivity index (χ0n) is 19.5. The first kappa shape index (κ1) is 22.1. The van der Waals surface area contributed by atoms with Gasteiger partial charge in [0.15, 0.2) is 5.69 Å². The van der Waals surface area contributed by atoms with Gasteiger partial charge in [-0.15, -0.1) is 11.3 Å². The summed E-state index contributed by atoms with van der Waals surface area (Å²) < 4.78 is 13.5. The summed E-state index contributed by atoms with van der Waals surface area (Å²) in [6, 6.07) is 3.93. The van der Waals surface area contributed by atoms with Gasteiger partial charge in [0.25, 0.3) is 5.91 Å². The molecule has 0 N–H and O–H groups in total. The van der Waals surface area contributed by atoms with E-state index in [1.807, 2.05) is 52.1 Å². The standard InChI is InChI=1S/C24H28N4O3S/c1-14(2)10-15-11-16-19(12-18(15)30-7)31-13-17-20(22(29)27(6)24(3,4)5)26-28(21(16)17)23-25-8-9-32-23/h8-12H,13H2,1-7H3. The fraction of sp³-hybridized carbons (Fsp3) is 0.375. The van der Waals surface area contributed by atoms with Gasteiger partial charge in [0.1, 0.15) is 18.1 Å². The summed E-state index contributed by atoms with van der Waals surface area (Å²) >= 11 is 1.47. The third-order valence-electron chi connectivity index (χ3n) is 5.50. The summed E-state index contributed by atoms with van der Waals surface area (Å²) in [5, 5.41) is 7.35. The lowest BCUT2D eigenvalue weighted by Gasteiger charge is -2.31. The van der Waals surface area contributed by atoms with Crippen LogP contribution in [0.1, 0.15) is 56.2 Å². The maximum atomic E-state index is 13.4. The number of benzene rings is 1. The molecule has 1 aliphatic heterocycles. The Morgan fingerprint density at radius 3 is 2.66 bits per heavy atom. The van der Waals surface area contributed by atoms with Crippen LogP contribution in [0.4, 0.5) is 0 Å². The molecule has 3 aromatic rings. The number of carbonyl (C=O) groups excluding carboxylic acids is 1. The number of nitrogens with zero attached hydrogens (tertiary/aromatic N) is 4. The van der Waals surface area contributed by atoms with E-state index in [1.165, 1.54) is 11.3 Å². The first-order valence-electron chi connectivity index (χ1n) is 10.4. The maximum Gasteiger partial charge on any atom is 0.274 e. The highest BCUT2D eigenvalue weighted by Gasteiger charge is 2.34. The van der Waals surface area contributed by atoms with Crippen molar-refractivity contribution in [3.8, 4) is 27.9 Å². The van der Waals surface area contributed by atoms with Crippen LogP contribution < -0.4 is 9.47 Å². The van der Waals surface area contributed by atoms with Crippen molar-refractivity contribution in [2.75, 3.05) is 14.2 Å². The van der Waals surface area contributed by atoms with Crippen LogP contribution in [-0.2, 0) is 6.61 Å². The molecule has 0 bridgehead atoms. The van der Waals surface area contributed by atoms with Crippen LogP contribution in [0.15, 0.2) is 29.3 Å². The van der Waals surface area contributed by atoms with Crippen molar-refractivity contribution in [2.45, 2.75) is 46.8 Å². The molecule has 0 saturated carbocycles. The monoisotopic (exact) mass is 452 g/mol. The predicted octanol–water partition coefficient (Wildman–Crippen LogP) is 5.19. The smallest absolute Gasteiger partial charge is 0.274 e. The van der Waals surface area contributed by atoms with Crippen LogP contribution in [0.25, 0.3) is 22.5 Å². The van der Waals surface area contributed by atoms with Gasteiger partial charge in [0, 0.05) is 46.9 Å². The van der Waals surface area contributed by atoms with Crippen molar-refractivity contribution in [2.24, 2.45) is 0 Å². The van der Waals surface area contributed by atoms with Crippen molar-refractivity contribution in [1.82, 2.24) is 19.7 Å². The van der Waals surface area contributed by atoms with E-state index in [4.69, 9.17) is 14.6 Å². The highest BCUT2D eigenvalue weighted by Crippen LogP contribution is 2.44. The number of aromatic nitrogens is 3. The second-order valence-electron chi connectivity index (χ2n) is 9.04. The molecule has 0 radical (unpaired) electrons. The summed E-state index contributed by atoms with van der Waals surface area (Å²) in [6.45, 7) is 10.3. The van der Waals surface area contributed by atoms with Crippen LogP contribution in [0.3, 0.4) is 0 Å². The number of methoxy groups -OCH3 is 1. The lowest BCUT2D eigenvalue weighted by atomic mass is 9.98. The molecule has 32 heavy (non-hydrogen) atoms. The fourth-order valence-corrected chi connectivity index (χ4v) is 4.19. The Morgan fingerprint density at radius 1 is 1.31 bits per heavy atom. The minimum absolute atomic E-state index is 0.144. The Hall–Kier alpha value is -3.13. The molecule has 0 saturated heterocycles. The summed E-state index contributed by atoms with van der Waals surface area (Å²) in [6.07, 6.45) is 3.80. The topological polar surface area (TPSA) is 69.5 Å². The van der Waals surface area contributed by atoms with E-state index in [0.717, 1.165) is 33.7 Å². The molecule has 3 heterocycles. The quantitative estimate of drug-likeness (QED) is 0.545. The molecule has 168 valence electrons. The number of amides is 1. The van der Waals surface area contributed by atoms with E-state index in [0.29, 0.717) is 16.6 Å². The fourth-order valence-electron chi connectivity index (χ4n) is 3.59. The maximum absolute atomic E-state index is 13.4. The highest BCUT2D eigenvalue weighted by atomic mass is 32.1. The first-order chi connectivity index (χ1) is 15.1. The molecule has 2 aromatic heterocycles. The Morgan fingerprint density at radius 2 is 2.06 bits per heavy atom. The van der Waals surface area contributed by atoms with E-state index >= 15 is 0 Å². The third-order valence-corrected chi connectivity index (χ3v) is 6.25. The SMILES string of the molecule is COc1cc2c(cc1C=C(C)C)-c1c(c(C(=O)N(C)C(C)(C)C)nn1-c1nccs1)CO2. The molecule has 0 aliphatic carbocycles. The molecule has 1 amide bonds. The van der Waals surface area contributed by atoms with Crippen molar-refractivity contribution in [3.05, 3.63) is 46.1 Å². The molecule has 8 heteroatoms. The first-order valence-corrected chi connectivity index (χ1v) is 11.3. The van der Waals surface area contributed by atoms with Gasteiger partial charge in [0.2, 0.25) is 5.13 Å². The Labute approximate surface area is 192 Å². The van der Waals surface area contributed by atoms with Crippen LogP contribution in [-0.4, -0.2) is 45.3 Å². The van der Waals surface area contributed by atoms with Crippen LogP contribution >= 0.6 is 11.3 Å². The molecule has 0 spiro atoms. The van der Waals surface area contributed by atoms with Gasteiger partial charge in [-0.05, 0) is 40.7 Å². The van der Waals surface area contributed by atoms with Gasteiger partial charge in [-0.25, -0.2) is 9.67 Å². The Bertz CT molecular complexity index is 1200. The normalized spacial score (nSPS) is 12.5. The number of allylic oxidation sites excluding steroid dienone is 1. The van der Waals surface area contributed by atoms with Gasteiger partial charge >= 0.3 is 0 Å². The number of hydrogen-bond donors (Lipinski definition) is 0. The molecule has 4 rings (SSSR count). The summed E-state index contributed by atoms with van der Waals surface area (Å²) in [5.74, 6) is 1.28. The Kier molecular flexibility index (Phi) is 5.58. The average molecular weight is 453 g/mol. The largest absolute Gasteiger partial charge is 0.496 e. The van der Waals surface area contributed by atoms with E-state index in [9.17, 15) is 4.79 Å². The molecule has 0 atom stereocenters. The minimum atomic E-state index is -0.341. The van der Waals surface area contributed by atoms with Crippen molar-refractivity contribution >= 4 is 23.3 Å². The van der Waals surface area contributed by atoms with E-state index in [2.05, 4.69) is 11.1 Å². The zero-order valence-corrected chi connectivity index (χ0v) is 20.3. The highest BCUT2D eigenvalue weighted by molar-refractivity contribution is 7.12. The van der Waals surface area contributed by atoms with E-state index in [1.54, 1.807) is 29.9 Å². The molecule has 1 aliphatic rings. The van der Waals surface area contributed by atoms with E-state index in [-0.39, 0.29) is 18.1 Å². The average Bonchev–Trinajstić information content (AvgIpc) is 3.38. The van der Waals surface area contributed by atoms with Crippen LogP contribution in [0, 0.1) is 0 Å². The van der Waals surface area contributed by atoms with Gasteiger partial charge in [-0.2, -0.15) is 5.10 Å². The van der Waals surface area contributed by atoms with Crippen molar-refractivity contribution < 1.29 is 14.3 Å². The van der Waals surface area contributed by atoms with Crippen molar-refractivity contribution in [1.29, 1.82) is 0 Å². The number of rotatable bonds is 4. The van der Waals surface area contributed by atoms with Gasteiger partial charge in [0.05, 0.1) is 12.8 Å². The summed E-state index contributed by atoms with van der Waals surface area (Å²) in [5.41, 5.74) is 4.59. The second-order valence-corrected chi connectivity index (χ2v) is 9.91. The molecule has 7 nitrogen and oxygen atoms in total. The predicted molar refractivity (Wildman–Crippen MR) is 127 cm³/mol. The minimum Gasteiger partial charge on any atom is -0.496 e. The lowest BCUT2D eigenvalue weighted by Crippen LogP contribution is -2.43. The molecule has 0 unspecified atom stereocenters. The summed E-state index contributed by atoms with van der Waals surface area (Å²) in [7, 11) is 3.45. The van der Waals surface area contributed by atoms with Crippen LogP contribution in [0.2, 0.25) is 0 Å².